The van der Waals surface area contributed by atoms with Gasteiger partial charge < -0.3 is 4.40 Å². The minimum atomic E-state index is 0.337. The van der Waals surface area contributed by atoms with Crippen LogP contribution in [0.5, 0.6) is 0 Å². The van der Waals surface area contributed by atoms with Gasteiger partial charge in [-0.15, -0.1) is 0 Å². The molecule has 2 heterocycles. The largest absolute Gasteiger partial charge is 0.302 e. The molecule has 2 nitrogen and oxygen atoms in total. The van der Waals surface area contributed by atoms with E-state index in [1.54, 1.807) is 0 Å². The highest BCUT2D eigenvalue weighted by Gasteiger charge is 2.41. The van der Waals surface area contributed by atoms with Crippen LogP contribution in [0.2, 0.25) is 5.02 Å². The Balaban J connectivity index is 2.32. The fourth-order valence-electron chi connectivity index (χ4n) is 1.87. The average molecular weight is 207 g/mol. The van der Waals surface area contributed by atoms with Crippen LogP contribution in [0.3, 0.4) is 0 Å². The second-order valence-corrected chi connectivity index (χ2v) is 4.66. The van der Waals surface area contributed by atoms with Gasteiger partial charge in [0.15, 0.2) is 5.65 Å². The number of halogens is 1. The lowest BCUT2D eigenvalue weighted by atomic mass is 10.1. The van der Waals surface area contributed by atoms with E-state index in [0.29, 0.717) is 5.41 Å². The van der Waals surface area contributed by atoms with Gasteiger partial charge in [-0.1, -0.05) is 18.5 Å². The molecule has 1 saturated carbocycles. The van der Waals surface area contributed by atoms with Gasteiger partial charge in [-0.05, 0) is 25.0 Å². The van der Waals surface area contributed by atoms with Crippen LogP contribution >= 0.6 is 11.6 Å². The van der Waals surface area contributed by atoms with Crippen LogP contribution in [0, 0.1) is 0 Å². The molecule has 0 unspecified atom stereocenters. The minimum Gasteiger partial charge on any atom is -0.302 e. The molecule has 3 rings (SSSR count). The Morgan fingerprint density at radius 3 is 3.00 bits per heavy atom. The summed E-state index contributed by atoms with van der Waals surface area (Å²) in [5, 5.41) is 0.725. The highest BCUT2D eigenvalue weighted by Crippen LogP contribution is 2.47. The van der Waals surface area contributed by atoms with Crippen LogP contribution in [0.4, 0.5) is 0 Å². The highest BCUT2D eigenvalue weighted by molar-refractivity contribution is 6.33. The van der Waals surface area contributed by atoms with Crippen molar-refractivity contribution in [2.75, 3.05) is 0 Å². The van der Waals surface area contributed by atoms with Crippen molar-refractivity contribution in [3.8, 4) is 0 Å². The summed E-state index contributed by atoms with van der Waals surface area (Å²) in [6, 6.07) is 3.84. The predicted octanol–water partition coefficient (Wildman–Crippen LogP) is 3.04. The van der Waals surface area contributed by atoms with Gasteiger partial charge >= 0.3 is 0 Å². The highest BCUT2D eigenvalue weighted by atomic mass is 35.5. The van der Waals surface area contributed by atoms with Crippen molar-refractivity contribution in [1.82, 2.24) is 9.38 Å². The lowest BCUT2D eigenvalue weighted by Crippen LogP contribution is -2.03. The molecule has 0 spiro atoms. The molecule has 0 bridgehead atoms. The number of pyridine rings is 1. The summed E-state index contributed by atoms with van der Waals surface area (Å²) in [5.74, 6) is 0. The van der Waals surface area contributed by atoms with E-state index in [1.165, 1.54) is 18.5 Å². The molecule has 2 aromatic rings. The lowest BCUT2D eigenvalue weighted by Gasteiger charge is -2.07. The first-order valence-corrected chi connectivity index (χ1v) is 5.21. The first kappa shape index (κ1) is 8.30. The van der Waals surface area contributed by atoms with Crippen LogP contribution in [-0.2, 0) is 5.41 Å². The standard InChI is InChI=1S/C11H11ClN2/c1-11(4-5-11)9-7-13-10-8(12)3-2-6-14(9)10/h2-3,6-7H,4-5H2,1H3. The van der Waals surface area contributed by atoms with E-state index in [2.05, 4.69) is 16.3 Å². The summed E-state index contributed by atoms with van der Waals surface area (Å²) in [4.78, 5) is 4.36. The monoisotopic (exact) mass is 206 g/mol. The predicted molar refractivity (Wildman–Crippen MR) is 56.8 cm³/mol. The number of nitrogens with zero attached hydrogens (tertiary/aromatic N) is 2. The molecule has 72 valence electrons. The molecule has 0 saturated heterocycles. The van der Waals surface area contributed by atoms with E-state index in [0.717, 1.165) is 10.7 Å². The van der Waals surface area contributed by atoms with Crippen molar-refractivity contribution in [2.45, 2.75) is 25.2 Å². The summed E-state index contributed by atoms with van der Waals surface area (Å²) in [5.41, 5.74) is 2.50. The molecular formula is C11H11ClN2. The molecule has 0 radical (unpaired) electrons. The summed E-state index contributed by atoms with van der Waals surface area (Å²) in [6.45, 7) is 2.28. The first-order valence-electron chi connectivity index (χ1n) is 4.83. The number of hydrogen-bond donors (Lipinski definition) is 0. The van der Waals surface area contributed by atoms with Gasteiger partial charge in [-0.2, -0.15) is 0 Å². The van der Waals surface area contributed by atoms with E-state index < -0.39 is 0 Å². The van der Waals surface area contributed by atoms with Crippen LogP contribution in [0.25, 0.3) is 5.65 Å². The number of hydrogen-bond acceptors (Lipinski definition) is 1. The van der Waals surface area contributed by atoms with Crippen LogP contribution < -0.4 is 0 Å². The molecule has 14 heavy (non-hydrogen) atoms. The molecule has 0 aliphatic heterocycles. The second-order valence-electron chi connectivity index (χ2n) is 4.25. The van der Waals surface area contributed by atoms with Crippen molar-refractivity contribution < 1.29 is 0 Å². The van der Waals surface area contributed by atoms with Gasteiger partial charge in [-0.3, -0.25) is 0 Å². The van der Waals surface area contributed by atoms with E-state index >= 15 is 0 Å². The molecule has 1 aliphatic carbocycles. The SMILES string of the molecule is CC1(c2cnc3c(Cl)cccn23)CC1. The van der Waals surface area contributed by atoms with Gasteiger partial charge in [0.1, 0.15) is 0 Å². The molecule has 0 atom stereocenters. The lowest BCUT2D eigenvalue weighted by molar-refractivity contribution is 0.739. The summed E-state index contributed by atoms with van der Waals surface area (Å²) < 4.78 is 2.11. The Hall–Kier alpha value is -1.02. The van der Waals surface area contributed by atoms with Crippen molar-refractivity contribution in [1.29, 1.82) is 0 Å². The van der Waals surface area contributed by atoms with Gasteiger partial charge in [0.05, 0.1) is 5.02 Å². The summed E-state index contributed by atoms with van der Waals surface area (Å²) >= 11 is 6.06. The Kier molecular flexibility index (Phi) is 1.49. The third kappa shape index (κ3) is 1.01. The third-order valence-electron chi connectivity index (χ3n) is 3.11. The Morgan fingerprint density at radius 2 is 2.29 bits per heavy atom. The summed E-state index contributed by atoms with van der Waals surface area (Å²) in [6.07, 6.45) is 6.50. The topological polar surface area (TPSA) is 17.3 Å². The number of fused-ring (bicyclic) bond motifs is 1. The van der Waals surface area contributed by atoms with Crippen molar-refractivity contribution in [3.05, 3.63) is 35.2 Å². The smallest absolute Gasteiger partial charge is 0.155 e. The minimum absolute atomic E-state index is 0.337. The maximum Gasteiger partial charge on any atom is 0.155 e. The molecular weight excluding hydrogens is 196 g/mol. The molecule has 2 aromatic heterocycles. The average Bonchev–Trinajstić information content (AvgIpc) is 2.77. The van der Waals surface area contributed by atoms with Crippen molar-refractivity contribution >= 4 is 17.2 Å². The van der Waals surface area contributed by atoms with Crippen molar-refractivity contribution in [3.63, 3.8) is 0 Å². The van der Waals surface area contributed by atoms with Gasteiger partial charge in [0, 0.05) is 23.5 Å². The Morgan fingerprint density at radius 1 is 1.50 bits per heavy atom. The quantitative estimate of drug-likeness (QED) is 0.701. The van der Waals surface area contributed by atoms with Crippen LogP contribution in [0.1, 0.15) is 25.5 Å². The van der Waals surface area contributed by atoms with Gasteiger partial charge in [0.2, 0.25) is 0 Å². The zero-order valence-electron chi connectivity index (χ0n) is 8.00. The molecule has 0 N–H and O–H groups in total. The fourth-order valence-corrected chi connectivity index (χ4v) is 2.08. The van der Waals surface area contributed by atoms with E-state index in [1.807, 2.05) is 24.5 Å². The summed E-state index contributed by atoms with van der Waals surface area (Å²) in [7, 11) is 0. The van der Waals surface area contributed by atoms with E-state index in [9.17, 15) is 0 Å². The number of rotatable bonds is 1. The second kappa shape index (κ2) is 2.51. The molecule has 1 fully saturated rings. The zero-order valence-corrected chi connectivity index (χ0v) is 8.75. The third-order valence-corrected chi connectivity index (χ3v) is 3.40. The molecule has 1 aliphatic rings. The van der Waals surface area contributed by atoms with E-state index in [4.69, 9.17) is 11.6 Å². The van der Waals surface area contributed by atoms with Gasteiger partial charge in [-0.25, -0.2) is 4.98 Å². The first-order chi connectivity index (χ1) is 6.71. The zero-order chi connectivity index (χ0) is 9.76. The molecule has 0 amide bonds. The number of aromatic nitrogens is 2. The maximum absolute atomic E-state index is 6.06. The fraction of sp³-hybridized carbons (Fsp3) is 0.364. The number of imidazole rings is 1. The maximum atomic E-state index is 6.06. The molecule has 3 heteroatoms. The van der Waals surface area contributed by atoms with E-state index in [-0.39, 0.29) is 0 Å². The van der Waals surface area contributed by atoms with Crippen LogP contribution in [0.15, 0.2) is 24.5 Å². The van der Waals surface area contributed by atoms with Crippen LogP contribution in [-0.4, -0.2) is 9.38 Å². The normalized spacial score (nSPS) is 18.7. The Bertz CT molecular complexity index is 497. The molecule has 0 aromatic carbocycles. The van der Waals surface area contributed by atoms with Gasteiger partial charge in [0.25, 0.3) is 0 Å². The van der Waals surface area contributed by atoms with Crippen molar-refractivity contribution in [2.24, 2.45) is 0 Å². The Labute approximate surface area is 87.5 Å².